The van der Waals surface area contributed by atoms with Crippen LogP contribution in [0.3, 0.4) is 0 Å². The minimum absolute atomic E-state index is 0.833. The van der Waals surface area contributed by atoms with Crippen molar-refractivity contribution < 1.29 is 0 Å². The van der Waals surface area contributed by atoms with Gasteiger partial charge in [0.05, 0.1) is 0 Å². The fraction of sp³-hybridized carbons (Fsp3) is 0.444. The molecule has 0 saturated carbocycles. The van der Waals surface area contributed by atoms with Gasteiger partial charge in [-0.25, -0.2) is 0 Å². The van der Waals surface area contributed by atoms with Gasteiger partial charge in [-0.15, -0.1) is 6.42 Å². The summed E-state index contributed by atoms with van der Waals surface area (Å²) in [6.07, 6.45) is 6.45. The molecule has 0 fully saturated rings. The third kappa shape index (κ3) is 1.03. The zero-order chi connectivity index (χ0) is 8.55. The number of aryl methyl sites for hydroxylation is 1. The van der Waals surface area contributed by atoms with E-state index in [1.165, 1.54) is 17.0 Å². The van der Waals surface area contributed by atoms with Crippen LogP contribution in [0, 0.1) is 12.3 Å². The van der Waals surface area contributed by atoms with E-state index in [1.54, 1.807) is 0 Å². The number of hydrogen-bond donors (Lipinski definition) is 0. The predicted octanol–water partition coefficient (Wildman–Crippen LogP) is 1.19. The summed E-state index contributed by atoms with van der Waals surface area (Å²) in [5, 5.41) is 4.28. The van der Waals surface area contributed by atoms with E-state index in [1.807, 2.05) is 23.5 Å². The monoisotopic (exact) mass is 178 g/mol. The van der Waals surface area contributed by atoms with E-state index in [0.29, 0.717) is 0 Å². The van der Waals surface area contributed by atoms with Crippen LogP contribution < -0.4 is 0 Å². The molecule has 0 aliphatic carbocycles. The van der Waals surface area contributed by atoms with Gasteiger partial charge < -0.3 is 0 Å². The van der Waals surface area contributed by atoms with Crippen molar-refractivity contribution in [3.63, 3.8) is 0 Å². The SMILES string of the molecule is C#Cc1nn(C)c2c1CSCC2. The summed E-state index contributed by atoms with van der Waals surface area (Å²) in [4.78, 5) is 0. The van der Waals surface area contributed by atoms with Crippen molar-refractivity contribution in [3.8, 4) is 12.3 Å². The van der Waals surface area contributed by atoms with Gasteiger partial charge in [0.2, 0.25) is 0 Å². The largest absolute Gasteiger partial charge is 0.271 e. The lowest BCUT2D eigenvalue weighted by Gasteiger charge is -2.11. The highest BCUT2D eigenvalue weighted by Gasteiger charge is 2.17. The predicted molar refractivity (Wildman–Crippen MR) is 51.0 cm³/mol. The van der Waals surface area contributed by atoms with Crippen LogP contribution in [0.5, 0.6) is 0 Å². The zero-order valence-electron chi connectivity index (χ0n) is 7.00. The Balaban J connectivity index is 2.56. The number of fused-ring (bicyclic) bond motifs is 1. The molecule has 1 aromatic heterocycles. The van der Waals surface area contributed by atoms with E-state index in [-0.39, 0.29) is 0 Å². The summed E-state index contributed by atoms with van der Waals surface area (Å²) in [5.41, 5.74) is 3.43. The average Bonchev–Trinajstić information content (AvgIpc) is 2.44. The quantitative estimate of drug-likeness (QED) is 0.555. The van der Waals surface area contributed by atoms with Gasteiger partial charge >= 0.3 is 0 Å². The molecule has 2 nitrogen and oxygen atoms in total. The summed E-state index contributed by atoms with van der Waals surface area (Å²) in [6, 6.07) is 0. The maximum absolute atomic E-state index is 5.35. The van der Waals surface area contributed by atoms with E-state index in [4.69, 9.17) is 6.42 Å². The Morgan fingerprint density at radius 1 is 1.67 bits per heavy atom. The highest BCUT2D eigenvalue weighted by atomic mass is 32.2. The van der Waals surface area contributed by atoms with E-state index in [0.717, 1.165) is 17.9 Å². The maximum atomic E-state index is 5.35. The number of thioether (sulfide) groups is 1. The van der Waals surface area contributed by atoms with Gasteiger partial charge in [-0.05, 0) is 18.1 Å². The molecule has 1 aliphatic rings. The van der Waals surface area contributed by atoms with Gasteiger partial charge in [-0.2, -0.15) is 16.9 Å². The van der Waals surface area contributed by atoms with Crippen molar-refractivity contribution in [1.82, 2.24) is 9.78 Å². The fourth-order valence-electron chi connectivity index (χ4n) is 1.53. The molecule has 3 heteroatoms. The van der Waals surface area contributed by atoms with Gasteiger partial charge in [-0.1, -0.05) is 0 Å². The first-order chi connectivity index (χ1) is 5.83. The number of aromatic nitrogens is 2. The summed E-state index contributed by atoms with van der Waals surface area (Å²) < 4.78 is 1.92. The lowest BCUT2D eigenvalue weighted by molar-refractivity contribution is 0.714. The van der Waals surface area contributed by atoms with Gasteiger partial charge in [-0.3, -0.25) is 4.68 Å². The van der Waals surface area contributed by atoms with Crippen LogP contribution in [-0.4, -0.2) is 15.5 Å². The van der Waals surface area contributed by atoms with Crippen LogP contribution in [0.1, 0.15) is 17.0 Å². The first-order valence-corrected chi connectivity index (χ1v) is 5.07. The van der Waals surface area contributed by atoms with Crippen LogP contribution in [0.4, 0.5) is 0 Å². The molecule has 12 heavy (non-hydrogen) atoms. The maximum Gasteiger partial charge on any atom is 0.139 e. The standard InChI is InChI=1S/C9H10N2S/c1-3-8-7-6-12-5-4-9(7)11(2)10-8/h1H,4-6H2,2H3. The van der Waals surface area contributed by atoms with Crippen molar-refractivity contribution in [1.29, 1.82) is 0 Å². The topological polar surface area (TPSA) is 17.8 Å². The Kier molecular flexibility index (Phi) is 1.86. The first-order valence-electron chi connectivity index (χ1n) is 3.92. The molecule has 0 unspecified atom stereocenters. The molecule has 0 amide bonds. The molecule has 2 heterocycles. The third-order valence-electron chi connectivity index (χ3n) is 2.14. The third-order valence-corrected chi connectivity index (χ3v) is 3.13. The van der Waals surface area contributed by atoms with Crippen LogP contribution in [-0.2, 0) is 19.2 Å². The van der Waals surface area contributed by atoms with Gasteiger partial charge in [0.15, 0.2) is 0 Å². The molecule has 0 N–H and O–H groups in total. The van der Waals surface area contributed by atoms with Crippen molar-refractivity contribution in [2.24, 2.45) is 7.05 Å². The van der Waals surface area contributed by atoms with Crippen LogP contribution in [0.15, 0.2) is 0 Å². The Bertz CT molecular complexity index is 346. The Labute approximate surface area is 76.3 Å². The normalized spacial score (nSPS) is 15.3. The molecular formula is C9H10N2S. The van der Waals surface area contributed by atoms with E-state index in [2.05, 4.69) is 11.0 Å². The van der Waals surface area contributed by atoms with Crippen molar-refractivity contribution in [2.45, 2.75) is 12.2 Å². The van der Waals surface area contributed by atoms with E-state index >= 15 is 0 Å². The van der Waals surface area contributed by atoms with Crippen LogP contribution in [0.25, 0.3) is 0 Å². The Morgan fingerprint density at radius 2 is 2.50 bits per heavy atom. The summed E-state index contributed by atoms with van der Waals surface area (Å²) in [5.74, 6) is 4.85. The number of hydrogen-bond acceptors (Lipinski definition) is 2. The van der Waals surface area contributed by atoms with Gasteiger partial charge in [0, 0.05) is 24.1 Å². The minimum atomic E-state index is 0.833. The summed E-state index contributed by atoms with van der Waals surface area (Å²) >= 11 is 1.93. The van der Waals surface area contributed by atoms with Crippen molar-refractivity contribution >= 4 is 11.8 Å². The average molecular weight is 178 g/mol. The molecule has 1 aromatic rings. The minimum Gasteiger partial charge on any atom is -0.271 e. The molecule has 0 radical (unpaired) electrons. The first kappa shape index (κ1) is 7.75. The zero-order valence-corrected chi connectivity index (χ0v) is 7.82. The second-order valence-corrected chi connectivity index (χ2v) is 3.95. The van der Waals surface area contributed by atoms with E-state index < -0.39 is 0 Å². The molecule has 0 bridgehead atoms. The smallest absolute Gasteiger partial charge is 0.139 e. The number of rotatable bonds is 0. The summed E-state index contributed by atoms with van der Waals surface area (Å²) in [6.45, 7) is 0. The molecule has 0 aromatic carbocycles. The molecule has 0 spiro atoms. The van der Waals surface area contributed by atoms with Crippen LogP contribution >= 0.6 is 11.8 Å². The number of nitrogens with zero attached hydrogens (tertiary/aromatic N) is 2. The molecule has 2 rings (SSSR count). The number of terminal acetylenes is 1. The lowest BCUT2D eigenvalue weighted by atomic mass is 10.1. The van der Waals surface area contributed by atoms with Crippen LogP contribution in [0.2, 0.25) is 0 Å². The van der Waals surface area contributed by atoms with Crippen molar-refractivity contribution in [2.75, 3.05) is 5.75 Å². The molecule has 0 saturated heterocycles. The highest BCUT2D eigenvalue weighted by molar-refractivity contribution is 7.98. The van der Waals surface area contributed by atoms with Gasteiger partial charge in [0.1, 0.15) is 5.69 Å². The van der Waals surface area contributed by atoms with E-state index in [9.17, 15) is 0 Å². The van der Waals surface area contributed by atoms with Crippen molar-refractivity contribution in [3.05, 3.63) is 17.0 Å². The molecule has 0 atom stereocenters. The molecule has 1 aliphatic heterocycles. The molecule has 62 valence electrons. The highest BCUT2D eigenvalue weighted by Crippen LogP contribution is 2.26. The van der Waals surface area contributed by atoms with Gasteiger partial charge in [0.25, 0.3) is 0 Å². The Hall–Kier alpha value is -0.880. The Morgan fingerprint density at radius 3 is 3.25 bits per heavy atom. The fourth-order valence-corrected chi connectivity index (χ4v) is 2.52. The summed E-state index contributed by atoms with van der Waals surface area (Å²) in [7, 11) is 1.97. The molecular weight excluding hydrogens is 168 g/mol. The second-order valence-electron chi connectivity index (χ2n) is 2.84. The lowest BCUT2D eigenvalue weighted by Crippen LogP contribution is -2.05. The second kappa shape index (κ2) is 2.87.